The average Bonchev–Trinajstić information content (AvgIpc) is 3.23. The summed E-state index contributed by atoms with van der Waals surface area (Å²) in [5, 5.41) is 0. The molecule has 2 aromatic rings. The highest BCUT2D eigenvalue weighted by Crippen LogP contribution is 2.31. The Labute approximate surface area is 163 Å². The average molecular weight is 381 g/mol. The van der Waals surface area contributed by atoms with Gasteiger partial charge in [-0.2, -0.15) is 0 Å². The normalized spacial score (nSPS) is 18.5. The van der Waals surface area contributed by atoms with Crippen LogP contribution in [0.1, 0.15) is 18.4 Å². The zero-order valence-corrected chi connectivity index (χ0v) is 15.6. The van der Waals surface area contributed by atoms with Crippen LogP contribution >= 0.6 is 0 Å². The van der Waals surface area contributed by atoms with Crippen molar-refractivity contribution in [3.8, 4) is 5.75 Å². The van der Waals surface area contributed by atoms with Gasteiger partial charge in [0.15, 0.2) is 6.61 Å². The van der Waals surface area contributed by atoms with E-state index in [9.17, 15) is 9.59 Å². The third-order valence-corrected chi connectivity index (χ3v) is 5.00. The van der Waals surface area contributed by atoms with E-state index < -0.39 is 0 Å². The van der Waals surface area contributed by atoms with Gasteiger partial charge in [0.25, 0.3) is 5.91 Å². The van der Waals surface area contributed by atoms with Crippen molar-refractivity contribution in [2.24, 2.45) is 0 Å². The van der Waals surface area contributed by atoms with Crippen LogP contribution in [-0.4, -0.2) is 54.1 Å². The molecule has 0 bridgehead atoms. The first-order valence-electron chi connectivity index (χ1n) is 9.51. The number of fused-ring (bicyclic) bond motifs is 1. The molecule has 2 amide bonds. The van der Waals surface area contributed by atoms with Crippen LogP contribution in [0.3, 0.4) is 0 Å². The summed E-state index contributed by atoms with van der Waals surface area (Å²) in [6.45, 7) is 1.60. The first-order chi connectivity index (χ1) is 13.7. The molecule has 0 N–H and O–H groups in total. The number of amides is 2. The van der Waals surface area contributed by atoms with Crippen LogP contribution in [0, 0.1) is 0 Å². The zero-order chi connectivity index (χ0) is 19.3. The van der Waals surface area contributed by atoms with E-state index in [1.165, 1.54) is 4.90 Å². The first kappa shape index (κ1) is 18.4. The number of anilines is 1. The number of hydrogen-bond donors (Lipinski definition) is 0. The first-order valence-corrected chi connectivity index (χ1v) is 9.51. The van der Waals surface area contributed by atoms with Gasteiger partial charge in [0.2, 0.25) is 5.91 Å². The summed E-state index contributed by atoms with van der Waals surface area (Å²) in [7, 11) is 0. The van der Waals surface area contributed by atoms with Crippen LogP contribution in [0.25, 0.3) is 0 Å². The molecule has 7 nitrogen and oxygen atoms in total. The van der Waals surface area contributed by atoms with E-state index in [0.29, 0.717) is 24.5 Å². The molecule has 1 aromatic heterocycles. The van der Waals surface area contributed by atoms with E-state index in [1.807, 2.05) is 24.3 Å². The Morgan fingerprint density at radius 3 is 2.93 bits per heavy atom. The molecular weight excluding hydrogens is 358 g/mol. The number of pyridine rings is 1. The van der Waals surface area contributed by atoms with Crippen LogP contribution in [0.2, 0.25) is 0 Å². The fraction of sp³-hybridized carbons (Fsp3) is 0.381. The highest BCUT2D eigenvalue weighted by Gasteiger charge is 2.30. The van der Waals surface area contributed by atoms with E-state index in [2.05, 4.69) is 4.98 Å². The van der Waals surface area contributed by atoms with Crippen molar-refractivity contribution in [3.63, 3.8) is 0 Å². The Balaban J connectivity index is 1.52. The van der Waals surface area contributed by atoms with Crippen molar-refractivity contribution in [1.82, 2.24) is 9.88 Å². The maximum atomic E-state index is 13.2. The second-order valence-electron chi connectivity index (χ2n) is 7.01. The number of carbonyl (C=O) groups excluding carboxylic acids is 2. The minimum atomic E-state index is -0.217. The van der Waals surface area contributed by atoms with Crippen LogP contribution in [0.15, 0.2) is 48.8 Å². The summed E-state index contributed by atoms with van der Waals surface area (Å²) in [5.74, 6) is 0.280. The lowest BCUT2D eigenvalue weighted by Crippen LogP contribution is -2.47. The predicted molar refractivity (Wildman–Crippen MR) is 103 cm³/mol. The molecule has 1 fully saturated rings. The summed E-state index contributed by atoms with van der Waals surface area (Å²) in [6, 6.07) is 11.1. The Morgan fingerprint density at radius 2 is 2.14 bits per heavy atom. The summed E-state index contributed by atoms with van der Waals surface area (Å²) >= 11 is 0. The highest BCUT2D eigenvalue weighted by atomic mass is 16.5. The predicted octanol–water partition coefficient (Wildman–Crippen LogP) is 2.01. The summed E-state index contributed by atoms with van der Waals surface area (Å²) in [4.78, 5) is 33.0. The molecule has 1 aromatic carbocycles. The fourth-order valence-corrected chi connectivity index (χ4v) is 3.56. The van der Waals surface area contributed by atoms with Gasteiger partial charge < -0.3 is 14.4 Å². The minimum absolute atomic E-state index is 0.0216. The number of aromatic nitrogens is 1. The van der Waals surface area contributed by atoms with Crippen LogP contribution < -0.4 is 9.64 Å². The number of para-hydroxylation sites is 2. The lowest BCUT2D eigenvalue weighted by atomic mass is 10.2. The number of nitrogens with zero attached hydrogens (tertiary/aromatic N) is 3. The van der Waals surface area contributed by atoms with Crippen LogP contribution in [0.4, 0.5) is 5.69 Å². The van der Waals surface area contributed by atoms with Gasteiger partial charge in [-0.1, -0.05) is 18.2 Å². The van der Waals surface area contributed by atoms with Crippen molar-refractivity contribution in [3.05, 3.63) is 54.4 Å². The molecule has 3 heterocycles. The lowest BCUT2D eigenvalue weighted by molar-refractivity contribution is -0.133. The number of ether oxygens (including phenoxy) is 2. The number of rotatable bonds is 6. The fourth-order valence-electron chi connectivity index (χ4n) is 3.56. The second-order valence-corrected chi connectivity index (χ2v) is 7.01. The maximum absolute atomic E-state index is 13.2. The van der Waals surface area contributed by atoms with Gasteiger partial charge in [0.1, 0.15) is 12.3 Å². The summed E-state index contributed by atoms with van der Waals surface area (Å²) < 4.78 is 11.2. The SMILES string of the molecule is O=C(CN1C(=O)COc2ccccc21)N(Cc1cccnc1)CC1CCCO1. The number of benzene rings is 1. The van der Waals surface area contributed by atoms with Gasteiger partial charge in [-0.3, -0.25) is 19.5 Å². The summed E-state index contributed by atoms with van der Waals surface area (Å²) in [6.07, 6.45) is 5.45. The largest absolute Gasteiger partial charge is 0.482 e. The monoisotopic (exact) mass is 381 g/mol. The molecule has 0 aliphatic carbocycles. The van der Waals surface area contributed by atoms with Gasteiger partial charge in [-0.25, -0.2) is 0 Å². The van der Waals surface area contributed by atoms with E-state index in [1.54, 1.807) is 29.4 Å². The standard InChI is InChI=1S/C21H23N3O4/c25-20(14-24-18-7-1-2-8-19(18)28-15-21(24)26)23(13-17-6-4-10-27-17)12-16-5-3-9-22-11-16/h1-3,5,7-9,11,17H,4,6,10,12-15H2. The smallest absolute Gasteiger partial charge is 0.265 e. The van der Waals surface area contributed by atoms with Crippen molar-refractivity contribution in [2.45, 2.75) is 25.5 Å². The molecule has 4 rings (SSSR count). The van der Waals surface area contributed by atoms with Crippen LogP contribution in [0.5, 0.6) is 5.75 Å². The van der Waals surface area contributed by atoms with Gasteiger partial charge in [0, 0.05) is 32.1 Å². The minimum Gasteiger partial charge on any atom is -0.482 e. The van der Waals surface area contributed by atoms with Crippen molar-refractivity contribution in [1.29, 1.82) is 0 Å². The quantitative estimate of drug-likeness (QED) is 0.766. The molecular formula is C21H23N3O4. The van der Waals surface area contributed by atoms with Gasteiger partial charge in [-0.05, 0) is 36.6 Å². The molecule has 0 saturated carbocycles. The molecule has 1 saturated heterocycles. The molecule has 2 aliphatic heterocycles. The summed E-state index contributed by atoms with van der Waals surface area (Å²) in [5.41, 5.74) is 1.58. The molecule has 7 heteroatoms. The van der Waals surface area contributed by atoms with Crippen molar-refractivity contribution < 1.29 is 19.1 Å². The molecule has 2 aliphatic rings. The Hall–Kier alpha value is -2.93. The third-order valence-electron chi connectivity index (χ3n) is 5.00. The van der Waals surface area contributed by atoms with Gasteiger partial charge >= 0.3 is 0 Å². The van der Waals surface area contributed by atoms with E-state index >= 15 is 0 Å². The topological polar surface area (TPSA) is 72.0 Å². The molecule has 146 valence electrons. The van der Waals surface area contributed by atoms with Crippen molar-refractivity contribution in [2.75, 3.05) is 31.2 Å². The number of carbonyl (C=O) groups is 2. The van der Waals surface area contributed by atoms with Gasteiger partial charge in [0.05, 0.1) is 11.8 Å². The second kappa shape index (κ2) is 8.39. The molecule has 0 spiro atoms. The zero-order valence-electron chi connectivity index (χ0n) is 15.6. The number of hydrogen-bond acceptors (Lipinski definition) is 5. The van der Waals surface area contributed by atoms with Gasteiger partial charge in [-0.15, -0.1) is 0 Å². The van der Waals surface area contributed by atoms with Crippen LogP contribution in [-0.2, 0) is 20.9 Å². The Bertz CT molecular complexity index is 837. The Kier molecular flexibility index (Phi) is 5.53. The van der Waals surface area contributed by atoms with E-state index in [4.69, 9.17) is 9.47 Å². The molecule has 1 unspecified atom stereocenters. The molecule has 28 heavy (non-hydrogen) atoms. The highest BCUT2D eigenvalue weighted by molar-refractivity contribution is 6.02. The lowest BCUT2D eigenvalue weighted by Gasteiger charge is -2.32. The van der Waals surface area contributed by atoms with Crippen molar-refractivity contribution >= 4 is 17.5 Å². The maximum Gasteiger partial charge on any atom is 0.265 e. The molecule has 0 radical (unpaired) electrons. The van der Waals surface area contributed by atoms with E-state index in [-0.39, 0.29) is 31.1 Å². The molecule has 1 atom stereocenters. The van der Waals surface area contributed by atoms with E-state index in [0.717, 1.165) is 25.0 Å². The third kappa shape index (κ3) is 4.14. The Morgan fingerprint density at radius 1 is 1.25 bits per heavy atom.